The zero-order valence-electron chi connectivity index (χ0n) is 11.7. The van der Waals surface area contributed by atoms with Crippen molar-refractivity contribution in [3.05, 3.63) is 24.3 Å². The van der Waals surface area contributed by atoms with Gasteiger partial charge in [-0.25, -0.2) is 0 Å². The van der Waals surface area contributed by atoms with E-state index in [1.807, 2.05) is 24.3 Å². The fourth-order valence-electron chi connectivity index (χ4n) is 2.67. The van der Waals surface area contributed by atoms with Gasteiger partial charge in [0, 0.05) is 23.7 Å². The lowest BCUT2D eigenvalue weighted by molar-refractivity contribution is -0.147. The molecule has 2 unspecified atom stereocenters. The van der Waals surface area contributed by atoms with Gasteiger partial charge in [-0.05, 0) is 25.5 Å². The minimum Gasteiger partial charge on any atom is -0.481 e. The Balaban J connectivity index is 1.69. The van der Waals surface area contributed by atoms with Crippen molar-refractivity contribution in [3.63, 3.8) is 0 Å². The molecular formula is C15H17NO4S. The molecule has 0 aliphatic carbocycles. The average molecular weight is 307 g/mol. The normalized spacial score (nSPS) is 27.9. The number of amides is 1. The van der Waals surface area contributed by atoms with E-state index in [1.54, 1.807) is 23.6 Å². The van der Waals surface area contributed by atoms with Crippen LogP contribution in [-0.4, -0.2) is 46.8 Å². The van der Waals surface area contributed by atoms with Crippen molar-refractivity contribution < 1.29 is 19.4 Å². The molecule has 5 nitrogen and oxygen atoms in total. The molecule has 1 saturated heterocycles. The van der Waals surface area contributed by atoms with Crippen LogP contribution in [0.3, 0.4) is 0 Å². The summed E-state index contributed by atoms with van der Waals surface area (Å²) in [6, 6.07) is 7.64. The van der Waals surface area contributed by atoms with Gasteiger partial charge in [-0.2, -0.15) is 0 Å². The fraction of sp³-hybridized carbons (Fsp3) is 0.467. The highest BCUT2D eigenvalue weighted by Gasteiger charge is 2.44. The van der Waals surface area contributed by atoms with Gasteiger partial charge in [0.15, 0.2) is 6.10 Å². The van der Waals surface area contributed by atoms with E-state index < -0.39 is 17.5 Å². The average Bonchev–Trinajstić information content (AvgIpc) is 2.90. The maximum Gasteiger partial charge on any atom is 0.311 e. The first-order valence-corrected chi connectivity index (χ1v) is 7.89. The minimum absolute atomic E-state index is 0.109. The highest BCUT2D eigenvalue weighted by atomic mass is 32.2. The molecule has 3 rings (SSSR count). The van der Waals surface area contributed by atoms with E-state index in [0.717, 1.165) is 10.6 Å². The Kier molecular flexibility index (Phi) is 3.57. The molecule has 0 spiro atoms. The fourth-order valence-corrected chi connectivity index (χ4v) is 3.64. The number of rotatable bonds is 2. The molecular weight excluding hydrogens is 290 g/mol. The Morgan fingerprint density at radius 1 is 1.43 bits per heavy atom. The van der Waals surface area contributed by atoms with Gasteiger partial charge in [-0.3, -0.25) is 9.59 Å². The van der Waals surface area contributed by atoms with Crippen LogP contribution in [-0.2, 0) is 9.59 Å². The smallest absolute Gasteiger partial charge is 0.311 e. The summed E-state index contributed by atoms with van der Waals surface area (Å²) < 4.78 is 5.78. The number of hydrogen-bond acceptors (Lipinski definition) is 4. The number of nitrogens with zero attached hydrogens (tertiary/aromatic N) is 1. The maximum absolute atomic E-state index is 12.5. The Hall–Kier alpha value is -1.69. The molecule has 1 N–H and O–H groups in total. The Morgan fingerprint density at radius 2 is 2.19 bits per heavy atom. The summed E-state index contributed by atoms with van der Waals surface area (Å²) in [5.74, 6) is 0.340. The summed E-state index contributed by atoms with van der Waals surface area (Å²) in [5, 5.41) is 9.24. The molecule has 2 atom stereocenters. The molecule has 1 amide bonds. The lowest BCUT2D eigenvalue weighted by Crippen LogP contribution is -2.44. The summed E-state index contributed by atoms with van der Waals surface area (Å²) in [7, 11) is 0. The van der Waals surface area contributed by atoms with Crippen molar-refractivity contribution in [2.75, 3.05) is 18.8 Å². The van der Waals surface area contributed by atoms with Crippen LogP contribution < -0.4 is 4.74 Å². The number of likely N-dealkylation sites (tertiary alicyclic amines) is 1. The molecule has 0 aromatic heterocycles. The van der Waals surface area contributed by atoms with E-state index in [9.17, 15) is 14.7 Å². The standard InChI is InChI=1S/C15H17NO4S/c1-15(14(18)19)6-7-16(9-15)13(17)11-8-21-12-5-3-2-4-10(12)20-11/h2-5,11H,6-9H2,1H3,(H,18,19). The van der Waals surface area contributed by atoms with Gasteiger partial charge in [0.2, 0.25) is 0 Å². The van der Waals surface area contributed by atoms with Crippen molar-refractivity contribution in [3.8, 4) is 5.75 Å². The predicted molar refractivity (Wildman–Crippen MR) is 78.5 cm³/mol. The second-order valence-corrected chi connectivity index (χ2v) is 6.80. The number of carbonyl (C=O) groups excluding carboxylic acids is 1. The zero-order valence-corrected chi connectivity index (χ0v) is 12.6. The molecule has 2 aliphatic rings. The minimum atomic E-state index is -0.845. The third-order valence-corrected chi connectivity index (χ3v) is 5.20. The molecule has 1 aromatic carbocycles. The summed E-state index contributed by atoms with van der Waals surface area (Å²) in [4.78, 5) is 26.4. The number of carbonyl (C=O) groups is 2. The van der Waals surface area contributed by atoms with Crippen LogP contribution in [0, 0.1) is 5.41 Å². The van der Waals surface area contributed by atoms with Crippen molar-refractivity contribution in [1.29, 1.82) is 0 Å². The lowest BCUT2D eigenvalue weighted by Gasteiger charge is -2.28. The Morgan fingerprint density at radius 3 is 2.90 bits per heavy atom. The van der Waals surface area contributed by atoms with E-state index >= 15 is 0 Å². The SMILES string of the molecule is CC1(C(=O)O)CCN(C(=O)C2CSc3ccccc3O2)C1. The summed E-state index contributed by atoms with van der Waals surface area (Å²) in [6.07, 6.45) is -0.0362. The van der Waals surface area contributed by atoms with Crippen LogP contribution in [0.25, 0.3) is 0 Å². The van der Waals surface area contributed by atoms with Gasteiger partial charge in [0.25, 0.3) is 5.91 Å². The Labute approximate surface area is 127 Å². The third kappa shape index (κ3) is 2.60. The molecule has 2 aliphatic heterocycles. The summed E-state index contributed by atoms with van der Waals surface area (Å²) in [6.45, 7) is 2.43. The molecule has 21 heavy (non-hydrogen) atoms. The molecule has 1 fully saturated rings. The van der Waals surface area contributed by atoms with Gasteiger partial charge in [-0.15, -0.1) is 11.8 Å². The molecule has 2 heterocycles. The van der Waals surface area contributed by atoms with E-state index in [2.05, 4.69) is 0 Å². The quantitative estimate of drug-likeness (QED) is 0.903. The molecule has 0 saturated carbocycles. The van der Waals surface area contributed by atoms with Gasteiger partial charge in [0.1, 0.15) is 5.75 Å². The van der Waals surface area contributed by atoms with E-state index in [-0.39, 0.29) is 12.5 Å². The van der Waals surface area contributed by atoms with E-state index in [4.69, 9.17) is 4.74 Å². The molecule has 6 heteroatoms. The van der Waals surface area contributed by atoms with Crippen molar-refractivity contribution in [2.24, 2.45) is 5.41 Å². The van der Waals surface area contributed by atoms with Crippen LogP contribution in [0.2, 0.25) is 0 Å². The Bertz CT molecular complexity index is 591. The first-order chi connectivity index (χ1) is 9.99. The maximum atomic E-state index is 12.5. The van der Waals surface area contributed by atoms with Gasteiger partial charge in [-0.1, -0.05) is 12.1 Å². The van der Waals surface area contributed by atoms with E-state index in [0.29, 0.717) is 18.7 Å². The number of benzene rings is 1. The van der Waals surface area contributed by atoms with Crippen molar-refractivity contribution >= 4 is 23.6 Å². The number of carboxylic acid groups (broad SMARTS) is 1. The topological polar surface area (TPSA) is 66.8 Å². The molecule has 0 radical (unpaired) electrons. The highest BCUT2D eigenvalue weighted by Crippen LogP contribution is 2.36. The number of para-hydroxylation sites is 1. The van der Waals surface area contributed by atoms with E-state index in [1.165, 1.54) is 0 Å². The van der Waals surface area contributed by atoms with Crippen LogP contribution in [0.4, 0.5) is 0 Å². The molecule has 0 bridgehead atoms. The van der Waals surface area contributed by atoms with Gasteiger partial charge in [0.05, 0.1) is 5.41 Å². The highest BCUT2D eigenvalue weighted by molar-refractivity contribution is 7.99. The second kappa shape index (κ2) is 5.26. The van der Waals surface area contributed by atoms with Crippen LogP contribution in [0.5, 0.6) is 5.75 Å². The van der Waals surface area contributed by atoms with Crippen LogP contribution >= 0.6 is 11.8 Å². The van der Waals surface area contributed by atoms with Crippen molar-refractivity contribution in [1.82, 2.24) is 4.90 Å². The zero-order chi connectivity index (χ0) is 15.0. The first-order valence-electron chi connectivity index (χ1n) is 6.90. The number of carboxylic acids is 1. The number of ether oxygens (including phenoxy) is 1. The monoisotopic (exact) mass is 307 g/mol. The van der Waals surface area contributed by atoms with Crippen LogP contribution in [0.15, 0.2) is 29.2 Å². The van der Waals surface area contributed by atoms with Gasteiger partial charge >= 0.3 is 5.97 Å². The van der Waals surface area contributed by atoms with Gasteiger partial charge < -0.3 is 14.7 Å². The lowest BCUT2D eigenvalue weighted by atomic mass is 9.90. The summed E-state index contributed by atoms with van der Waals surface area (Å²) in [5.41, 5.74) is -0.838. The number of thioether (sulfide) groups is 1. The summed E-state index contributed by atoms with van der Waals surface area (Å²) >= 11 is 1.60. The molecule has 112 valence electrons. The molecule has 1 aromatic rings. The number of hydrogen-bond donors (Lipinski definition) is 1. The first kappa shape index (κ1) is 14.3. The third-order valence-electron chi connectivity index (χ3n) is 4.09. The number of fused-ring (bicyclic) bond motifs is 1. The second-order valence-electron chi connectivity index (χ2n) is 5.74. The predicted octanol–water partition coefficient (Wildman–Crippen LogP) is 1.86. The number of aliphatic carboxylic acids is 1. The largest absolute Gasteiger partial charge is 0.481 e. The van der Waals surface area contributed by atoms with Crippen LogP contribution in [0.1, 0.15) is 13.3 Å². The van der Waals surface area contributed by atoms with Crippen molar-refractivity contribution in [2.45, 2.75) is 24.3 Å².